The number of hydrogen-bond acceptors (Lipinski definition) is 4. The van der Waals surface area contributed by atoms with E-state index in [1.54, 1.807) is 14.0 Å². The average Bonchev–Trinajstić information content (AvgIpc) is 2.37. The summed E-state index contributed by atoms with van der Waals surface area (Å²) in [5, 5.41) is 0. The maximum Gasteiger partial charge on any atom is 0.339 e. The molecule has 0 amide bonds. The topological polar surface area (TPSA) is 44.8 Å². The van der Waals surface area contributed by atoms with E-state index in [0.29, 0.717) is 6.42 Å². The van der Waals surface area contributed by atoms with Crippen LogP contribution in [0.3, 0.4) is 0 Å². The zero-order chi connectivity index (χ0) is 14.9. The van der Waals surface area contributed by atoms with Crippen molar-refractivity contribution < 1.29 is 19.3 Å². The van der Waals surface area contributed by atoms with Crippen molar-refractivity contribution in [3.05, 3.63) is 0 Å². The monoisotopic (exact) mass is 270 g/mol. The van der Waals surface area contributed by atoms with Crippen LogP contribution in [0.15, 0.2) is 0 Å². The molecule has 0 spiro atoms. The second kappa shape index (κ2) is 8.19. The maximum absolute atomic E-state index is 10.7. The Morgan fingerprint density at radius 1 is 1.26 bits per heavy atom. The van der Waals surface area contributed by atoms with Gasteiger partial charge in [0.15, 0.2) is 5.60 Å². The highest BCUT2D eigenvalue weighted by Crippen LogP contribution is 2.27. The summed E-state index contributed by atoms with van der Waals surface area (Å²) in [6.07, 6.45) is 9.84. The number of terminal acetylenes is 1. The lowest BCUT2D eigenvalue weighted by atomic mass is 9.90. The third-order valence-corrected chi connectivity index (χ3v) is 3.28. The van der Waals surface area contributed by atoms with Gasteiger partial charge in [-0.1, -0.05) is 19.3 Å². The third-order valence-electron chi connectivity index (χ3n) is 3.28. The van der Waals surface area contributed by atoms with Gasteiger partial charge in [0, 0.05) is 14.0 Å². The molecule has 0 rings (SSSR count). The van der Waals surface area contributed by atoms with Gasteiger partial charge in [-0.2, -0.15) is 4.89 Å². The highest BCUT2D eigenvalue weighted by atomic mass is 17.2. The Morgan fingerprint density at radius 3 is 2.32 bits per heavy atom. The number of carbonyl (C=O) groups is 1. The second-order valence-electron chi connectivity index (χ2n) is 5.29. The number of methoxy groups -OCH3 is 1. The van der Waals surface area contributed by atoms with Gasteiger partial charge in [-0.05, 0) is 39.5 Å². The zero-order valence-corrected chi connectivity index (χ0v) is 12.7. The number of carbonyl (C=O) groups excluding carboxylic acids is 1. The first-order valence-corrected chi connectivity index (χ1v) is 6.70. The molecule has 0 aliphatic carbocycles. The van der Waals surface area contributed by atoms with Crippen molar-refractivity contribution in [1.29, 1.82) is 0 Å². The zero-order valence-electron chi connectivity index (χ0n) is 12.7. The molecule has 0 bridgehead atoms. The van der Waals surface area contributed by atoms with Crippen molar-refractivity contribution in [2.75, 3.05) is 7.11 Å². The van der Waals surface area contributed by atoms with E-state index in [4.69, 9.17) is 16.0 Å². The summed E-state index contributed by atoms with van der Waals surface area (Å²) in [7, 11) is 1.73. The molecule has 0 N–H and O–H groups in total. The smallest absolute Gasteiger partial charge is 0.339 e. The lowest BCUT2D eigenvalue weighted by Crippen LogP contribution is -2.31. The predicted octanol–water partition coefficient (Wildman–Crippen LogP) is 3.25. The van der Waals surface area contributed by atoms with Gasteiger partial charge in [0.1, 0.15) is 0 Å². The maximum atomic E-state index is 10.7. The predicted molar refractivity (Wildman–Crippen MR) is 74.3 cm³/mol. The molecular weight excluding hydrogens is 244 g/mol. The molecule has 0 saturated carbocycles. The molecule has 0 aliphatic heterocycles. The van der Waals surface area contributed by atoms with Crippen LogP contribution in [0.2, 0.25) is 0 Å². The lowest BCUT2D eigenvalue weighted by Gasteiger charge is -2.29. The Morgan fingerprint density at radius 2 is 1.89 bits per heavy atom. The largest absolute Gasteiger partial charge is 0.379 e. The van der Waals surface area contributed by atoms with E-state index < -0.39 is 11.6 Å². The quantitative estimate of drug-likeness (QED) is 0.366. The summed E-state index contributed by atoms with van der Waals surface area (Å²) in [4.78, 5) is 20.3. The van der Waals surface area contributed by atoms with E-state index in [0.717, 1.165) is 25.7 Å². The molecule has 19 heavy (non-hydrogen) atoms. The van der Waals surface area contributed by atoms with Crippen LogP contribution in [0.25, 0.3) is 0 Å². The van der Waals surface area contributed by atoms with Crippen molar-refractivity contribution in [2.24, 2.45) is 0 Å². The standard InChI is InChI=1S/C15H26O4/c1-7-10-15(5,17-6)12-9-11-14(4,8-2)19-18-13(3)16/h2H,7,9-12H2,1,3-6H3. The van der Waals surface area contributed by atoms with Crippen LogP contribution in [0.5, 0.6) is 0 Å². The summed E-state index contributed by atoms with van der Waals surface area (Å²) in [6.45, 7) is 7.24. The molecule has 0 aromatic heterocycles. The van der Waals surface area contributed by atoms with E-state index in [-0.39, 0.29) is 5.60 Å². The van der Waals surface area contributed by atoms with Gasteiger partial charge in [-0.3, -0.25) is 4.89 Å². The van der Waals surface area contributed by atoms with Gasteiger partial charge in [0.2, 0.25) is 0 Å². The molecular formula is C15H26O4. The Bertz CT molecular complexity index is 321. The molecule has 2 atom stereocenters. The Labute approximate surface area is 116 Å². The first-order chi connectivity index (χ1) is 8.81. The Balaban J connectivity index is 4.28. The highest BCUT2D eigenvalue weighted by molar-refractivity contribution is 5.65. The van der Waals surface area contributed by atoms with Gasteiger partial charge in [0.05, 0.1) is 5.60 Å². The lowest BCUT2D eigenvalue weighted by molar-refractivity contribution is -0.314. The molecule has 0 aromatic rings. The van der Waals surface area contributed by atoms with Crippen LogP contribution in [-0.2, 0) is 19.3 Å². The SMILES string of the molecule is C#CC(C)(CCCC(C)(CCC)OC)OOC(C)=O. The van der Waals surface area contributed by atoms with E-state index in [1.807, 2.05) is 0 Å². The first kappa shape index (κ1) is 17.9. The van der Waals surface area contributed by atoms with Gasteiger partial charge in [-0.15, -0.1) is 6.42 Å². The van der Waals surface area contributed by atoms with Crippen molar-refractivity contribution in [1.82, 2.24) is 0 Å². The van der Waals surface area contributed by atoms with Crippen LogP contribution in [0.1, 0.15) is 59.8 Å². The molecule has 0 aliphatic rings. The second-order valence-corrected chi connectivity index (χ2v) is 5.29. The highest BCUT2D eigenvalue weighted by Gasteiger charge is 2.28. The minimum absolute atomic E-state index is 0.133. The molecule has 0 aromatic carbocycles. The van der Waals surface area contributed by atoms with Crippen LogP contribution in [-0.4, -0.2) is 24.3 Å². The van der Waals surface area contributed by atoms with E-state index in [9.17, 15) is 4.79 Å². The van der Waals surface area contributed by atoms with Crippen LogP contribution < -0.4 is 0 Å². The van der Waals surface area contributed by atoms with Gasteiger partial charge < -0.3 is 4.74 Å². The van der Waals surface area contributed by atoms with Gasteiger partial charge >= 0.3 is 5.97 Å². The number of hydrogen-bond donors (Lipinski definition) is 0. The van der Waals surface area contributed by atoms with Gasteiger partial charge in [-0.25, -0.2) is 4.79 Å². The van der Waals surface area contributed by atoms with Crippen LogP contribution >= 0.6 is 0 Å². The van der Waals surface area contributed by atoms with E-state index >= 15 is 0 Å². The first-order valence-electron chi connectivity index (χ1n) is 6.70. The van der Waals surface area contributed by atoms with Crippen molar-refractivity contribution in [3.8, 4) is 12.3 Å². The Hall–Kier alpha value is -1.05. The fourth-order valence-electron chi connectivity index (χ4n) is 1.95. The average molecular weight is 270 g/mol. The van der Waals surface area contributed by atoms with E-state index in [2.05, 4.69) is 24.7 Å². The van der Waals surface area contributed by atoms with Crippen molar-refractivity contribution in [2.45, 2.75) is 71.0 Å². The molecule has 0 radical (unpaired) electrons. The summed E-state index contributed by atoms with van der Waals surface area (Å²) in [6, 6.07) is 0. The summed E-state index contributed by atoms with van der Waals surface area (Å²) >= 11 is 0. The fraction of sp³-hybridized carbons (Fsp3) is 0.800. The van der Waals surface area contributed by atoms with E-state index in [1.165, 1.54) is 6.92 Å². The summed E-state index contributed by atoms with van der Waals surface area (Å²) in [5.74, 6) is 2.02. The molecule has 4 heteroatoms. The Kier molecular flexibility index (Phi) is 7.73. The van der Waals surface area contributed by atoms with Crippen LogP contribution in [0.4, 0.5) is 0 Å². The molecule has 2 unspecified atom stereocenters. The molecule has 4 nitrogen and oxygen atoms in total. The molecule has 0 heterocycles. The van der Waals surface area contributed by atoms with Crippen molar-refractivity contribution >= 4 is 5.97 Å². The minimum Gasteiger partial charge on any atom is -0.379 e. The third kappa shape index (κ3) is 7.19. The van der Waals surface area contributed by atoms with Gasteiger partial charge in [0.25, 0.3) is 0 Å². The summed E-state index contributed by atoms with van der Waals surface area (Å²) in [5.41, 5.74) is -1.02. The normalized spacial score (nSPS) is 17.1. The van der Waals surface area contributed by atoms with Crippen LogP contribution in [0, 0.1) is 12.3 Å². The van der Waals surface area contributed by atoms with Crippen molar-refractivity contribution in [3.63, 3.8) is 0 Å². The number of ether oxygens (including phenoxy) is 1. The molecule has 0 fully saturated rings. The number of rotatable bonds is 9. The molecule has 110 valence electrons. The summed E-state index contributed by atoms with van der Waals surface area (Å²) < 4.78 is 5.55. The minimum atomic E-state index is -0.882. The molecule has 0 saturated heterocycles. The fourth-order valence-corrected chi connectivity index (χ4v) is 1.95.